The molecule has 0 saturated carbocycles. The zero-order valence-corrected chi connectivity index (χ0v) is 22.8. The Morgan fingerprint density at radius 2 is 1.76 bits per heavy atom. The second kappa shape index (κ2) is 12.2. The predicted octanol–water partition coefficient (Wildman–Crippen LogP) is 4.77. The molecule has 0 bridgehead atoms. The molecular weight excluding hydrogens is 531 g/mol. The van der Waals surface area contributed by atoms with Crippen LogP contribution in [0, 0.1) is 6.92 Å². The summed E-state index contributed by atoms with van der Waals surface area (Å²) in [5.74, 6) is -1.20. The van der Waals surface area contributed by atoms with E-state index >= 15 is 0 Å². The SMILES string of the molecule is CC[C@H](C(=O)NC(C)C)N(Cc1cccc(C)c1)C(=O)CN(c1cc(C(F)(F)F)ccc1Cl)S(C)(=O)=O. The number of sulfonamides is 1. The van der Waals surface area contributed by atoms with Gasteiger partial charge in [0, 0.05) is 12.6 Å². The average molecular weight is 562 g/mol. The van der Waals surface area contributed by atoms with E-state index in [1.165, 1.54) is 4.90 Å². The number of hydrogen-bond donors (Lipinski definition) is 1. The van der Waals surface area contributed by atoms with Gasteiger partial charge in [-0.2, -0.15) is 13.2 Å². The molecule has 0 spiro atoms. The topological polar surface area (TPSA) is 86.8 Å². The highest BCUT2D eigenvalue weighted by molar-refractivity contribution is 7.92. The number of amides is 2. The molecule has 0 aliphatic heterocycles. The van der Waals surface area contributed by atoms with Crippen LogP contribution >= 0.6 is 11.6 Å². The highest BCUT2D eigenvalue weighted by atomic mass is 35.5. The van der Waals surface area contributed by atoms with Gasteiger partial charge in [-0.05, 0) is 51.0 Å². The lowest BCUT2D eigenvalue weighted by molar-refractivity contribution is -0.140. The summed E-state index contributed by atoms with van der Waals surface area (Å²) in [4.78, 5) is 27.8. The molecule has 0 aliphatic carbocycles. The first-order chi connectivity index (χ1) is 17.0. The van der Waals surface area contributed by atoms with Crippen LogP contribution in [0.4, 0.5) is 18.9 Å². The number of halogens is 4. The van der Waals surface area contributed by atoms with Gasteiger partial charge in [0.1, 0.15) is 12.6 Å². The van der Waals surface area contributed by atoms with E-state index in [0.29, 0.717) is 15.9 Å². The summed E-state index contributed by atoms with van der Waals surface area (Å²) in [6.07, 6.45) is -3.77. The van der Waals surface area contributed by atoms with E-state index in [1.807, 2.05) is 19.1 Å². The Morgan fingerprint density at radius 3 is 2.27 bits per heavy atom. The van der Waals surface area contributed by atoms with Crippen LogP contribution in [-0.2, 0) is 32.3 Å². The summed E-state index contributed by atoms with van der Waals surface area (Å²) in [6, 6.07) is 8.31. The van der Waals surface area contributed by atoms with Crippen molar-refractivity contribution in [2.45, 2.75) is 58.9 Å². The Hall–Kier alpha value is -2.79. The van der Waals surface area contributed by atoms with Crippen molar-refractivity contribution in [1.82, 2.24) is 10.2 Å². The summed E-state index contributed by atoms with van der Waals surface area (Å²) < 4.78 is 65.9. The number of benzene rings is 2. The maximum absolute atomic E-state index is 13.6. The first-order valence-electron chi connectivity index (χ1n) is 11.5. The van der Waals surface area contributed by atoms with Gasteiger partial charge in [-0.1, -0.05) is 48.4 Å². The van der Waals surface area contributed by atoms with Crippen molar-refractivity contribution in [3.05, 3.63) is 64.2 Å². The van der Waals surface area contributed by atoms with Crippen molar-refractivity contribution in [3.8, 4) is 0 Å². The second-order valence-corrected chi connectivity index (χ2v) is 11.3. The van der Waals surface area contributed by atoms with Gasteiger partial charge >= 0.3 is 6.18 Å². The van der Waals surface area contributed by atoms with E-state index in [4.69, 9.17) is 11.6 Å². The molecule has 0 radical (unpaired) electrons. The van der Waals surface area contributed by atoms with Gasteiger partial charge in [0.2, 0.25) is 21.8 Å². The number of hydrogen-bond acceptors (Lipinski definition) is 4. The van der Waals surface area contributed by atoms with Crippen molar-refractivity contribution in [2.75, 3.05) is 17.1 Å². The fraction of sp³-hybridized carbons (Fsp3) is 0.440. The summed E-state index contributed by atoms with van der Waals surface area (Å²) in [5, 5.41) is 2.49. The lowest BCUT2D eigenvalue weighted by Gasteiger charge is -2.33. The van der Waals surface area contributed by atoms with Gasteiger partial charge in [-0.3, -0.25) is 13.9 Å². The number of carbonyl (C=O) groups excluding carboxylic acids is 2. The predicted molar refractivity (Wildman–Crippen MR) is 138 cm³/mol. The maximum Gasteiger partial charge on any atom is 0.416 e. The Morgan fingerprint density at radius 1 is 1.11 bits per heavy atom. The van der Waals surface area contributed by atoms with Crippen molar-refractivity contribution in [1.29, 1.82) is 0 Å². The Balaban J connectivity index is 2.55. The van der Waals surface area contributed by atoms with Crippen LogP contribution in [-0.4, -0.2) is 50.0 Å². The molecule has 204 valence electrons. The van der Waals surface area contributed by atoms with Gasteiger partial charge in [0.25, 0.3) is 0 Å². The van der Waals surface area contributed by atoms with Crippen molar-refractivity contribution in [2.24, 2.45) is 0 Å². The molecule has 0 fully saturated rings. The molecule has 1 atom stereocenters. The van der Waals surface area contributed by atoms with E-state index in [0.717, 1.165) is 24.0 Å². The Kier molecular flexibility index (Phi) is 10.0. The van der Waals surface area contributed by atoms with Crippen LogP contribution in [0.3, 0.4) is 0 Å². The van der Waals surface area contributed by atoms with E-state index in [1.54, 1.807) is 32.9 Å². The third-order valence-corrected chi connectivity index (χ3v) is 6.92. The summed E-state index contributed by atoms with van der Waals surface area (Å²) in [7, 11) is -4.25. The quantitative estimate of drug-likeness (QED) is 0.453. The lowest BCUT2D eigenvalue weighted by Crippen LogP contribution is -2.53. The number of nitrogens with one attached hydrogen (secondary N) is 1. The molecule has 0 heterocycles. The molecule has 12 heteroatoms. The van der Waals surface area contributed by atoms with Crippen LogP contribution in [0.1, 0.15) is 43.9 Å². The van der Waals surface area contributed by atoms with Gasteiger partial charge < -0.3 is 10.2 Å². The summed E-state index contributed by atoms with van der Waals surface area (Å²) in [6.45, 7) is 6.23. The monoisotopic (exact) mass is 561 g/mol. The minimum atomic E-state index is -4.76. The zero-order chi connectivity index (χ0) is 28.1. The average Bonchev–Trinajstić information content (AvgIpc) is 2.75. The molecule has 2 aromatic carbocycles. The maximum atomic E-state index is 13.6. The van der Waals surface area contributed by atoms with Gasteiger partial charge in [0.15, 0.2) is 0 Å². The van der Waals surface area contributed by atoms with Crippen molar-refractivity contribution in [3.63, 3.8) is 0 Å². The summed E-state index contributed by atoms with van der Waals surface area (Å²) >= 11 is 6.09. The number of nitrogens with zero attached hydrogens (tertiary/aromatic N) is 2. The number of carbonyl (C=O) groups is 2. The third-order valence-electron chi connectivity index (χ3n) is 5.47. The highest BCUT2D eigenvalue weighted by Crippen LogP contribution is 2.36. The fourth-order valence-corrected chi connectivity index (χ4v) is 4.91. The van der Waals surface area contributed by atoms with E-state index in [9.17, 15) is 31.2 Å². The largest absolute Gasteiger partial charge is 0.416 e. The molecule has 0 saturated heterocycles. The van der Waals surface area contributed by atoms with Crippen molar-refractivity contribution < 1.29 is 31.2 Å². The normalized spacial score (nSPS) is 12.8. The van der Waals surface area contributed by atoms with Crippen LogP contribution in [0.5, 0.6) is 0 Å². The number of anilines is 1. The molecular formula is C25H31ClF3N3O4S. The Bertz CT molecular complexity index is 1240. The highest BCUT2D eigenvalue weighted by Gasteiger charge is 2.35. The van der Waals surface area contributed by atoms with Crippen LogP contribution < -0.4 is 9.62 Å². The number of rotatable bonds is 10. The van der Waals surface area contributed by atoms with E-state index in [2.05, 4.69) is 5.32 Å². The number of aryl methyl sites for hydroxylation is 1. The van der Waals surface area contributed by atoms with Gasteiger partial charge in [-0.25, -0.2) is 8.42 Å². The number of alkyl halides is 3. The van der Waals surface area contributed by atoms with Gasteiger partial charge in [-0.15, -0.1) is 0 Å². The lowest BCUT2D eigenvalue weighted by atomic mass is 10.1. The molecule has 0 aromatic heterocycles. The zero-order valence-electron chi connectivity index (χ0n) is 21.3. The van der Waals surface area contributed by atoms with Crippen LogP contribution in [0.15, 0.2) is 42.5 Å². The first-order valence-corrected chi connectivity index (χ1v) is 13.8. The molecule has 0 aliphatic rings. The molecule has 37 heavy (non-hydrogen) atoms. The fourth-order valence-electron chi connectivity index (χ4n) is 3.78. The smallest absolute Gasteiger partial charge is 0.352 e. The van der Waals surface area contributed by atoms with Gasteiger partial charge in [0.05, 0.1) is 22.5 Å². The molecule has 1 N–H and O–H groups in total. The van der Waals surface area contributed by atoms with Crippen LogP contribution in [0.2, 0.25) is 5.02 Å². The minimum Gasteiger partial charge on any atom is -0.352 e. The second-order valence-electron chi connectivity index (χ2n) is 9.03. The molecule has 2 aromatic rings. The van der Waals surface area contributed by atoms with E-state index in [-0.39, 0.29) is 24.0 Å². The molecule has 7 nitrogen and oxygen atoms in total. The molecule has 0 unspecified atom stereocenters. The third kappa shape index (κ3) is 8.36. The van der Waals surface area contributed by atoms with Crippen LogP contribution in [0.25, 0.3) is 0 Å². The van der Waals surface area contributed by atoms with Crippen molar-refractivity contribution >= 4 is 39.1 Å². The summed E-state index contributed by atoms with van der Waals surface area (Å²) in [5.41, 5.74) is 0.0140. The molecule has 2 rings (SSSR count). The standard InChI is InChI=1S/C25H31ClF3N3O4S/c1-6-21(24(34)30-16(2)3)31(14-18-9-7-8-17(4)12-18)23(33)15-32(37(5,35)36)22-13-19(25(27,28)29)10-11-20(22)26/h7-13,16,21H,6,14-15H2,1-5H3,(H,30,34)/t21-/m1/s1. The first kappa shape index (κ1) is 30.4. The minimum absolute atomic E-state index is 0.0154. The van der Waals surface area contributed by atoms with E-state index < -0.39 is 51.9 Å². The molecule has 2 amide bonds. The Labute approximate surface area is 220 Å².